The van der Waals surface area contributed by atoms with Crippen molar-refractivity contribution in [2.45, 2.75) is 0 Å². The van der Waals surface area contributed by atoms with Crippen LogP contribution in [0.25, 0.3) is 6.08 Å². The highest BCUT2D eigenvalue weighted by Crippen LogP contribution is 2.40. The van der Waals surface area contributed by atoms with Crippen LogP contribution in [0.1, 0.15) is 15.9 Å². The fraction of sp³-hybridized carbons (Fsp3) is 0.136. The van der Waals surface area contributed by atoms with E-state index >= 15 is 0 Å². The highest BCUT2D eigenvalue weighted by atomic mass is 32.2. The maximum absolute atomic E-state index is 13.0. The number of carboxylic acid groups (broad SMARTS) is 1. The molecule has 2 aromatic rings. The molecule has 0 saturated carbocycles. The van der Waals surface area contributed by atoms with Crippen LogP contribution in [-0.4, -0.2) is 52.9 Å². The summed E-state index contributed by atoms with van der Waals surface area (Å²) in [6.07, 6.45) is 3.19. The average molecular weight is 440 g/mol. The molecule has 31 heavy (non-hydrogen) atoms. The van der Waals surface area contributed by atoms with Gasteiger partial charge in [0.1, 0.15) is 0 Å². The van der Waals surface area contributed by atoms with Crippen LogP contribution in [0.2, 0.25) is 0 Å². The molecule has 8 nitrogen and oxygen atoms in total. The summed E-state index contributed by atoms with van der Waals surface area (Å²) >= 11 is 1.11. The lowest BCUT2D eigenvalue weighted by Gasteiger charge is -2.13. The number of para-hydroxylation sites is 1. The molecule has 0 bridgehead atoms. The number of methoxy groups -OCH3 is 2. The van der Waals surface area contributed by atoms with Crippen LogP contribution < -0.4 is 9.47 Å². The normalized spacial score (nSPS) is 16.1. The fourth-order valence-corrected chi connectivity index (χ4v) is 3.89. The second kappa shape index (κ2) is 9.40. The van der Waals surface area contributed by atoms with Crippen LogP contribution in [0.15, 0.2) is 59.0 Å². The predicted octanol–water partition coefficient (Wildman–Crippen LogP) is 3.90. The third-order valence-electron chi connectivity index (χ3n) is 4.35. The molecule has 1 saturated heterocycles. The monoisotopic (exact) mass is 440 g/mol. The molecule has 2 N–H and O–H groups in total. The highest BCUT2D eigenvalue weighted by molar-refractivity contribution is 8.18. The van der Waals surface area contributed by atoms with Crippen LogP contribution in [0.3, 0.4) is 0 Å². The quantitative estimate of drug-likeness (QED) is 0.496. The van der Waals surface area contributed by atoms with E-state index in [1.807, 2.05) is 0 Å². The number of phenolic OH excluding ortho intramolecular Hbond substituents is 1. The van der Waals surface area contributed by atoms with Crippen molar-refractivity contribution in [2.24, 2.45) is 4.99 Å². The lowest BCUT2D eigenvalue weighted by atomic mass is 10.1. The molecule has 1 amide bonds. The zero-order chi connectivity index (χ0) is 22.5. The van der Waals surface area contributed by atoms with Gasteiger partial charge >= 0.3 is 5.97 Å². The number of carbonyl (C=O) groups excluding carboxylic acids is 1. The molecule has 1 heterocycles. The van der Waals surface area contributed by atoms with E-state index in [4.69, 9.17) is 9.47 Å². The van der Waals surface area contributed by atoms with Gasteiger partial charge in [0.2, 0.25) is 5.75 Å². The maximum atomic E-state index is 13.0. The van der Waals surface area contributed by atoms with Crippen molar-refractivity contribution >= 4 is 40.6 Å². The van der Waals surface area contributed by atoms with Crippen LogP contribution in [0, 0.1) is 0 Å². The van der Waals surface area contributed by atoms with E-state index in [0.29, 0.717) is 15.6 Å². The zero-order valence-electron chi connectivity index (χ0n) is 16.9. The predicted molar refractivity (Wildman–Crippen MR) is 119 cm³/mol. The Kier molecular flexibility index (Phi) is 6.66. The van der Waals surface area contributed by atoms with E-state index in [9.17, 15) is 19.8 Å². The van der Waals surface area contributed by atoms with Crippen molar-refractivity contribution in [1.29, 1.82) is 0 Å². The van der Waals surface area contributed by atoms with Gasteiger partial charge in [-0.1, -0.05) is 18.2 Å². The van der Waals surface area contributed by atoms with Crippen LogP contribution in [0.5, 0.6) is 17.2 Å². The first-order valence-corrected chi connectivity index (χ1v) is 9.89. The number of aromatic carboxylic acids is 1. The van der Waals surface area contributed by atoms with Gasteiger partial charge in [-0.05, 0) is 47.7 Å². The van der Waals surface area contributed by atoms with Crippen LogP contribution in [0.4, 0.5) is 5.69 Å². The first-order chi connectivity index (χ1) is 14.9. The molecule has 160 valence electrons. The van der Waals surface area contributed by atoms with Gasteiger partial charge in [0, 0.05) is 6.54 Å². The third-order valence-corrected chi connectivity index (χ3v) is 5.36. The summed E-state index contributed by atoms with van der Waals surface area (Å²) in [5, 5.41) is 19.8. The number of carboxylic acids is 1. The molecule has 9 heteroatoms. The number of benzene rings is 2. The molecule has 0 spiro atoms. The minimum absolute atomic E-state index is 0.0343. The Balaban J connectivity index is 2.05. The number of ether oxygens (including phenoxy) is 2. The molecule has 1 fully saturated rings. The molecule has 1 aliphatic heterocycles. The second-order valence-corrected chi connectivity index (χ2v) is 7.31. The molecular weight excluding hydrogens is 420 g/mol. The summed E-state index contributed by atoms with van der Waals surface area (Å²) in [6.45, 7) is 3.89. The summed E-state index contributed by atoms with van der Waals surface area (Å²) in [4.78, 5) is 30.7. The molecule has 1 aliphatic rings. The van der Waals surface area contributed by atoms with Crippen molar-refractivity contribution in [1.82, 2.24) is 4.90 Å². The molecule has 3 rings (SSSR count). The highest BCUT2D eigenvalue weighted by Gasteiger charge is 2.33. The molecule has 0 aliphatic carbocycles. The summed E-state index contributed by atoms with van der Waals surface area (Å²) in [6, 6.07) is 9.46. The standard InChI is InChI=1S/C22H20N2O6S/c1-4-9-24-20(26)18(12-13-10-16(29-2)19(25)17(11-13)30-3)31-22(24)23-15-8-6-5-7-14(15)21(27)28/h4-8,10-12,25H,1,9H2,2-3H3,(H,27,28)/b18-12-,23-22?. The van der Waals surface area contributed by atoms with Gasteiger partial charge in [0.15, 0.2) is 16.7 Å². The second-order valence-electron chi connectivity index (χ2n) is 6.31. The summed E-state index contributed by atoms with van der Waals surface area (Å²) in [5.41, 5.74) is 0.855. The van der Waals surface area contributed by atoms with Crippen LogP contribution in [-0.2, 0) is 4.79 Å². The minimum atomic E-state index is -1.11. The Morgan fingerprint density at radius 2 is 1.87 bits per heavy atom. The maximum Gasteiger partial charge on any atom is 0.337 e. The van der Waals surface area contributed by atoms with Crippen molar-refractivity contribution in [3.63, 3.8) is 0 Å². The van der Waals surface area contributed by atoms with Crippen molar-refractivity contribution < 1.29 is 29.3 Å². The van der Waals surface area contributed by atoms with Crippen LogP contribution >= 0.6 is 11.8 Å². The van der Waals surface area contributed by atoms with Gasteiger partial charge in [0.05, 0.1) is 30.4 Å². The minimum Gasteiger partial charge on any atom is -0.502 e. The number of aromatic hydroxyl groups is 1. The number of amidine groups is 1. The Morgan fingerprint density at radius 1 is 1.23 bits per heavy atom. The molecule has 2 aromatic carbocycles. The number of nitrogens with zero attached hydrogens (tertiary/aromatic N) is 2. The Bertz CT molecular complexity index is 1080. The van der Waals surface area contributed by atoms with Crippen molar-refractivity contribution in [3.8, 4) is 17.2 Å². The first kappa shape index (κ1) is 22.0. The van der Waals surface area contributed by atoms with E-state index in [-0.39, 0.29) is 41.0 Å². The lowest BCUT2D eigenvalue weighted by Crippen LogP contribution is -2.29. The third kappa shape index (κ3) is 4.56. The summed E-state index contributed by atoms with van der Waals surface area (Å²) in [5.74, 6) is -1.15. The number of thioether (sulfide) groups is 1. The number of hydrogen-bond donors (Lipinski definition) is 2. The topological polar surface area (TPSA) is 109 Å². The number of rotatable bonds is 7. The van der Waals surface area contributed by atoms with E-state index in [0.717, 1.165) is 11.8 Å². The van der Waals surface area contributed by atoms with Gasteiger partial charge in [-0.25, -0.2) is 9.79 Å². The molecule has 0 aromatic heterocycles. The van der Waals surface area contributed by atoms with Gasteiger partial charge in [-0.15, -0.1) is 6.58 Å². The summed E-state index contributed by atoms with van der Waals surface area (Å²) in [7, 11) is 2.83. The van der Waals surface area contributed by atoms with Gasteiger partial charge in [-0.3, -0.25) is 9.69 Å². The number of carbonyl (C=O) groups is 2. The SMILES string of the molecule is C=CCN1C(=O)/C(=C/c2cc(OC)c(O)c(OC)c2)SC1=Nc1ccccc1C(=O)O. The lowest BCUT2D eigenvalue weighted by molar-refractivity contribution is -0.121. The Morgan fingerprint density at radius 3 is 2.45 bits per heavy atom. The van der Waals surface area contributed by atoms with Gasteiger partial charge in [0.25, 0.3) is 5.91 Å². The van der Waals surface area contributed by atoms with E-state index in [1.54, 1.807) is 42.5 Å². The molecule has 0 unspecified atom stereocenters. The van der Waals surface area contributed by atoms with Crippen molar-refractivity contribution in [3.05, 3.63) is 65.1 Å². The molecular formula is C22H20N2O6S. The summed E-state index contributed by atoms with van der Waals surface area (Å²) < 4.78 is 10.3. The Labute approximate surface area is 183 Å². The van der Waals surface area contributed by atoms with E-state index < -0.39 is 5.97 Å². The van der Waals surface area contributed by atoms with E-state index in [1.165, 1.54) is 25.2 Å². The Hall–Kier alpha value is -3.72. The number of amides is 1. The fourth-order valence-electron chi connectivity index (χ4n) is 2.88. The first-order valence-electron chi connectivity index (χ1n) is 9.08. The average Bonchev–Trinajstić information content (AvgIpc) is 3.04. The zero-order valence-corrected chi connectivity index (χ0v) is 17.7. The largest absolute Gasteiger partial charge is 0.502 e. The van der Waals surface area contributed by atoms with E-state index in [2.05, 4.69) is 11.6 Å². The van der Waals surface area contributed by atoms with Crippen molar-refractivity contribution in [2.75, 3.05) is 20.8 Å². The van der Waals surface area contributed by atoms with Gasteiger partial charge in [-0.2, -0.15) is 0 Å². The number of phenols is 1. The molecule has 0 atom stereocenters. The number of hydrogen-bond acceptors (Lipinski definition) is 7. The van der Waals surface area contributed by atoms with Gasteiger partial charge < -0.3 is 19.7 Å². The number of aliphatic imine (C=N–C) groups is 1. The smallest absolute Gasteiger partial charge is 0.337 e. The molecule has 0 radical (unpaired) electrons.